The summed E-state index contributed by atoms with van der Waals surface area (Å²) >= 11 is 6.24. The molecular formula is C31H29ClN4O3. The molecule has 0 aliphatic heterocycles. The van der Waals surface area contributed by atoms with Crippen molar-refractivity contribution in [1.29, 1.82) is 0 Å². The third-order valence-electron chi connectivity index (χ3n) is 7.41. The molecule has 0 unspecified atom stereocenters. The molecule has 0 spiro atoms. The topological polar surface area (TPSA) is 92.1 Å². The first-order chi connectivity index (χ1) is 19.0. The first kappa shape index (κ1) is 25.3. The summed E-state index contributed by atoms with van der Waals surface area (Å²) in [5, 5.41) is 1.51. The van der Waals surface area contributed by atoms with Crippen molar-refractivity contribution in [1.82, 2.24) is 14.3 Å². The van der Waals surface area contributed by atoms with Crippen LogP contribution in [0.4, 0.5) is 0 Å². The summed E-state index contributed by atoms with van der Waals surface area (Å²) in [5.74, 6) is -0.573. The summed E-state index contributed by atoms with van der Waals surface area (Å²) in [7, 11) is 0. The maximum atomic E-state index is 14.2. The number of para-hydroxylation sites is 1. The predicted octanol–water partition coefficient (Wildman–Crippen LogP) is 5.54. The average Bonchev–Trinajstić information content (AvgIpc) is 3.26. The first-order valence-electron chi connectivity index (χ1n) is 13.3. The Labute approximate surface area is 230 Å². The molecule has 1 aliphatic rings. The van der Waals surface area contributed by atoms with E-state index >= 15 is 0 Å². The molecule has 0 saturated carbocycles. The molecule has 2 heterocycles. The van der Waals surface area contributed by atoms with Crippen LogP contribution in [-0.4, -0.2) is 26.8 Å². The van der Waals surface area contributed by atoms with Crippen molar-refractivity contribution in [2.24, 2.45) is 5.73 Å². The lowest BCUT2D eigenvalue weighted by atomic mass is 9.91. The van der Waals surface area contributed by atoms with Gasteiger partial charge in [-0.25, -0.2) is 9.78 Å². The largest absolute Gasteiger partial charge is 0.340 e. The maximum Gasteiger partial charge on any atom is 0.330 e. The number of carbonyl (C=O) groups excluding carboxylic acids is 1. The molecule has 6 rings (SSSR count). The Morgan fingerprint density at radius 1 is 1.03 bits per heavy atom. The van der Waals surface area contributed by atoms with E-state index in [0.717, 1.165) is 59.0 Å². The molecule has 0 saturated heterocycles. The number of carbonyl (C=O) groups is 1. The van der Waals surface area contributed by atoms with Gasteiger partial charge in [-0.15, -0.1) is 4.73 Å². The fourth-order valence-corrected chi connectivity index (χ4v) is 5.83. The van der Waals surface area contributed by atoms with Gasteiger partial charge in [-0.05, 0) is 85.7 Å². The van der Waals surface area contributed by atoms with Crippen LogP contribution in [0, 0.1) is 0 Å². The molecule has 3 aromatic carbocycles. The molecule has 0 amide bonds. The van der Waals surface area contributed by atoms with Crippen molar-refractivity contribution < 1.29 is 9.63 Å². The highest BCUT2D eigenvalue weighted by Crippen LogP contribution is 2.40. The van der Waals surface area contributed by atoms with E-state index < -0.39 is 11.5 Å². The molecule has 2 aromatic heterocycles. The van der Waals surface area contributed by atoms with Crippen LogP contribution >= 0.6 is 11.6 Å². The van der Waals surface area contributed by atoms with Gasteiger partial charge in [-0.2, -0.15) is 0 Å². The molecule has 198 valence electrons. The summed E-state index contributed by atoms with van der Waals surface area (Å²) in [6.45, 7) is 2.49. The predicted molar refractivity (Wildman–Crippen MR) is 155 cm³/mol. The number of nitrogens with zero attached hydrogens (tertiary/aromatic N) is 3. The SMILES string of the molecule is CC(=O)On1c(=O)c(-c2c(-c3ccc(Cl)cc3)n(CCCN)c3ccccc23)nc2cc3c(cc21)CCCC3. The number of hydrogen-bond donors (Lipinski definition) is 1. The molecule has 5 aromatic rings. The smallest absolute Gasteiger partial charge is 0.330 e. The molecule has 0 fully saturated rings. The van der Waals surface area contributed by atoms with Crippen LogP contribution in [0.25, 0.3) is 44.5 Å². The Balaban J connectivity index is 1.73. The minimum absolute atomic E-state index is 0.229. The van der Waals surface area contributed by atoms with Crippen LogP contribution in [-0.2, 0) is 24.2 Å². The monoisotopic (exact) mass is 540 g/mol. The van der Waals surface area contributed by atoms with Crippen LogP contribution in [0.5, 0.6) is 0 Å². The molecule has 0 radical (unpaired) electrons. The zero-order valence-corrected chi connectivity index (χ0v) is 22.5. The molecule has 0 atom stereocenters. The Kier molecular flexibility index (Phi) is 6.71. The highest BCUT2D eigenvalue weighted by Gasteiger charge is 2.26. The van der Waals surface area contributed by atoms with Crippen LogP contribution in [0.15, 0.2) is 65.5 Å². The number of fused-ring (bicyclic) bond motifs is 3. The molecule has 1 aliphatic carbocycles. The molecule has 8 heteroatoms. The lowest BCUT2D eigenvalue weighted by molar-refractivity contribution is -0.141. The van der Waals surface area contributed by atoms with Gasteiger partial charge in [0.15, 0.2) is 0 Å². The average molecular weight is 541 g/mol. The Morgan fingerprint density at radius 2 is 1.74 bits per heavy atom. The van der Waals surface area contributed by atoms with E-state index in [1.165, 1.54) is 18.1 Å². The summed E-state index contributed by atoms with van der Waals surface area (Å²) in [6.07, 6.45) is 4.85. The Morgan fingerprint density at radius 3 is 2.46 bits per heavy atom. The molecule has 0 bridgehead atoms. The molecule has 39 heavy (non-hydrogen) atoms. The number of aromatic nitrogens is 3. The Hall–Kier alpha value is -3.94. The second-order valence-corrected chi connectivity index (χ2v) is 10.4. The quantitative estimate of drug-likeness (QED) is 0.305. The van der Waals surface area contributed by atoms with Gasteiger partial charge in [-0.1, -0.05) is 41.9 Å². The third-order valence-corrected chi connectivity index (χ3v) is 7.66. The standard InChI is InChI=1S/C31H29ClN4O3/c1-19(37)39-36-27-18-22-8-3-2-7-21(22)17-25(27)34-29(31(36)38)28-24-9-4-5-10-26(24)35(16-6-15-33)30(28)20-11-13-23(32)14-12-20/h4-5,9-14,17-18H,2-3,6-8,15-16,33H2,1H3. The van der Waals surface area contributed by atoms with Gasteiger partial charge in [0.05, 0.1) is 11.2 Å². The van der Waals surface area contributed by atoms with Crippen LogP contribution in [0.3, 0.4) is 0 Å². The van der Waals surface area contributed by atoms with Gasteiger partial charge in [0.2, 0.25) is 0 Å². The van der Waals surface area contributed by atoms with E-state index in [2.05, 4.69) is 4.57 Å². The number of rotatable bonds is 6. The van der Waals surface area contributed by atoms with Gasteiger partial charge < -0.3 is 15.1 Å². The van der Waals surface area contributed by atoms with Crippen molar-refractivity contribution in [3.05, 3.63) is 87.2 Å². The van der Waals surface area contributed by atoms with Crippen molar-refractivity contribution >= 4 is 39.5 Å². The van der Waals surface area contributed by atoms with Gasteiger partial charge >= 0.3 is 11.5 Å². The van der Waals surface area contributed by atoms with Crippen molar-refractivity contribution in [3.8, 4) is 22.5 Å². The van der Waals surface area contributed by atoms with Crippen molar-refractivity contribution in [2.75, 3.05) is 6.54 Å². The van der Waals surface area contributed by atoms with Gasteiger partial charge in [0.1, 0.15) is 11.2 Å². The highest BCUT2D eigenvalue weighted by molar-refractivity contribution is 6.30. The van der Waals surface area contributed by atoms with Gasteiger partial charge in [0, 0.05) is 35.0 Å². The fourth-order valence-electron chi connectivity index (χ4n) is 5.70. The molecular weight excluding hydrogens is 512 g/mol. The van der Waals surface area contributed by atoms with Crippen LogP contribution < -0.4 is 16.1 Å². The van der Waals surface area contributed by atoms with E-state index in [4.69, 9.17) is 27.2 Å². The molecule has 7 nitrogen and oxygen atoms in total. The maximum absolute atomic E-state index is 14.2. The van der Waals surface area contributed by atoms with Gasteiger partial charge in [-0.3, -0.25) is 4.79 Å². The second kappa shape index (κ2) is 10.3. The summed E-state index contributed by atoms with van der Waals surface area (Å²) in [5.41, 5.74) is 12.6. The normalized spacial score (nSPS) is 13.1. The summed E-state index contributed by atoms with van der Waals surface area (Å²) in [6, 6.07) is 19.5. The van der Waals surface area contributed by atoms with Gasteiger partial charge in [0.25, 0.3) is 0 Å². The van der Waals surface area contributed by atoms with Crippen LogP contribution in [0.2, 0.25) is 5.02 Å². The fraction of sp³-hybridized carbons (Fsp3) is 0.258. The summed E-state index contributed by atoms with van der Waals surface area (Å²) in [4.78, 5) is 36.9. The van der Waals surface area contributed by atoms with E-state index in [1.807, 2.05) is 60.7 Å². The van der Waals surface area contributed by atoms with E-state index in [0.29, 0.717) is 34.7 Å². The number of halogens is 1. The minimum Gasteiger partial charge on any atom is -0.340 e. The number of benzene rings is 3. The van der Waals surface area contributed by atoms with E-state index in [9.17, 15) is 9.59 Å². The van der Waals surface area contributed by atoms with Crippen LogP contribution in [0.1, 0.15) is 37.3 Å². The number of aryl methyl sites for hydroxylation is 3. The first-order valence-corrected chi connectivity index (χ1v) is 13.7. The van der Waals surface area contributed by atoms with E-state index in [-0.39, 0.29) is 5.69 Å². The number of nitrogens with two attached hydrogens (primary N) is 1. The minimum atomic E-state index is -0.573. The zero-order valence-electron chi connectivity index (χ0n) is 21.7. The zero-order chi connectivity index (χ0) is 27.1. The highest BCUT2D eigenvalue weighted by atomic mass is 35.5. The molecule has 2 N–H and O–H groups in total. The summed E-state index contributed by atoms with van der Waals surface area (Å²) < 4.78 is 3.31. The third kappa shape index (κ3) is 4.51. The van der Waals surface area contributed by atoms with Crippen molar-refractivity contribution in [2.45, 2.75) is 45.6 Å². The van der Waals surface area contributed by atoms with E-state index in [1.54, 1.807) is 0 Å². The second-order valence-electron chi connectivity index (χ2n) is 10.0. The number of hydrogen-bond acceptors (Lipinski definition) is 5. The van der Waals surface area contributed by atoms with Crippen molar-refractivity contribution in [3.63, 3.8) is 0 Å². The lowest BCUT2D eigenvalue weighted by Crippen LogP contribution is -2.32. The Bertz CT molecular complexity index is 1790. The lowest BCUT2D eigenvalue weighted by Gasteiger charge is -2.18.